The largest absolute Gasteiger partial charge is 0.387 e. The zero-order valence-electron chi connectivity index (χ0n) is 11.2. The molecule has 0 bridgehead atoms. The van der Waals surface area contributed by atoms with Gasteiger partial charge in [0.2, 0.25) is 5.91 Å². The van der Waals surface area contributed by atoms with Gasteiger partial charge in [0.05, 0.1) is 6.10 Å². The number of amides is 1. The van der Waals surface area contributed by atoms with E-state index in [0.29, 0.717) is 6.42 Å². The topological polar surface area (TPSA) is 52.6 Å². The Hall–Kier alpha value is -1.39. The molecule has 4 nitrogen and oxygen atoms in total. The van der Waals surface area contributed by atoms with Crippen LogP contribution in [0.4, 0.5) is 5.69 Å². The van der Waals surface area contributed by atoms with Gasteiger partial charge in [-0.1, -0.05) is 12.1 Å². The van der Waals surface area contributed by atoms with Crippen LogP contribution in [-0.4, -0.2) is 30.6 Å². The Labute approximate surface area is 113 Å². The molecule has 2 aliphatic heterocycles. The molecule has 3 rings (SSSR count). The van der Waals surface area contributed by atoms with E-state index in [1.54, 1.807) is 4.90 Å². The van der Waals surface area contributed by atoms with Gasteiger partial charge in [0.25, 0.3) is 0 Å². The molecule has 102 valence electrons. The molecule has 0 aliphatic carbocycles. The Morgan fingerprint density at radius 3 is 3.00 bits per heavy atom. The lowest BCUT2D eigenvalue weighted by molar-refractivity contribution is -0.118. The fourth-order valence-corrected chi connectivity index (χ4v) is 3.07. The summed E-state index contributed by atoms with van der Waals surface area (Å²) in [6, 6.07) is 6.13. The average Bonchev–Trinajstić information content (AvgIpc) is 2.96. The molecule has 1 saturated heterocycles. The molecule has 2 N–H and O–H groups in total. The minimum Gasteiger partial charge on any atom is -0.387 e. The first kappa shape index (κ1) is 12.6. The van der Waals surface area contributed by atoms with E-state index in [0.717, 1.165) is 42.6 Å². The lowest BCUT2D eigenvalue weighted by Gasteiger charge is -2.27. The summed E-state index contributed by atoms with van der Waals surface area (Å²) in [4.78, 5) is 13.4. The van der Waals surface area contributed by atoms with E-state index in [1.165, 1.54) is 0 Å². The number of carbonyl (C=O) groups is 1. The molecule has 2 atom stereocenters. The molecule has 2 aliphatic rings. The number of fused-ring (bicyclic) bond motifs is 1. The summed E-state index contributed by atoms with van der Waals surface area (Å²) < 4.78 is 0. The van der Waals surface area contributed by atoms with Gasteiger partial charge in [-0.2, -0.15) is 0 Å². The number of aliphatic hydroxyl groups excluding tert-OH is 1. The Morgan fingerprint density at radius 1 is 1.42 bits per heavy atom. The highest BCUT2D eigenvalue weighted by Crippen LogP contribution is 2.31. The molecule has 1 amide bonds. The van der Waals surface area contributed by atoms with Crippen LogP contribution in [0.25, 0.3) is 0 Å². The van der Waals surface area contributed by atoms with Gasteiger partial charge in [0.1, 0.15) is 0 Å². The van der Waals surface area contributed by atoms with Crippen LogP contribution in [0.3, 0.4) is 0 Å². The zero-order chi connectivity index (χ0) is 13.4. The van der Waals surface area contributed by atoms with Gasteiger partial charge in [-0.05, 0) is 43.0 Å². The normalized spacial score (nSPS) is 24.4. The van der Waals surface area contributed by atoms with Crippen LogP contribution >= 0.6 is 0 Å². The summed E-state index contributed by atoms with van der Waals surface area (Å²) in [5.41, 5.74) is 3.10. The molecule has 1 aromatic carbocycles. The van der Waals surface area contributed by atoms with Crippen molar-refractivity contribution in [2.75, 3.05) is 18.5 Å². The third-order valence-corrected chi connectivity index (χ3v) is 4.27. The van der Waals surface area contributed by atoms with Crippen molar-refractivity contribution in [3.8, 4) is 0 Å². The van der Waals surface area contributed by atoms with Crippen LogP contribution in [-0.2, 0) is 11.2 Å². The van der Waals surface area contributed by atoms with Gasteiger partial charge in [0.15, 0.2) is 0 Å². The Bertz CT molecular complexity index is 495. The molecule has 2 unspecified atom stereocenters. The minimum absolute atomic E-state index is 0.165. The number of aliphatic hydroxyl groups is 1. The van der Waals surface area contributed by atoms with Crippen LogP contribution in [0.1, 0.15) is 36.5 Å². The van der Waals surface area contributed by atoms with Gasteiger partial charge in [-0.3, -0.25) is 4.79 Å². The summed E-state index contributed by atoms with van der Waals surface area (Å²) in [7, 11) is 1.81. The first-order valence-electron chi connectivity index (χ1n) is 6.97. The predicted octanol–water partition coefficient (Wildman–Crippen LogP) is 1.38. The zero-order valence-corrected chi connectivity index (χ0v) is 11.2. The number of hydrogen-bond donors (Lipinski definition) is 2. The van der Waals surface area contributed by atoms with Gasteiger partial charge in [-0.15, -0.1) is 0 Å². The highest BCUT2D eigenvalue weighted by atomic mass is 16.3. The maximum Gasteiger partial charge on any atom is 0.227 e. The van der Waals surface area contributed by atoms with E-state index in [2.05, 4.69) is 11.4 Å². The van der Waals surface area contributed by atoms with Crippen LogP contribution < -0.4 is 10.2 Å². The van der Waals surface area contributed by atoms with Gasteiger partial charge in [-0.25, -0.2) is 0 Å². The summed E-state index contributed by atoms with van der Waals surface area (Å²) in [6.45, 7) is 0.990. The van der Waals surface area contributed by atoms with Crippen molar-refractivity contribution in [3.63, 3.8) is 0 Å². The van der Waals surface area contributed by atoms with Crippen molar-refractivity contribution < 1.29 is 9.90 Å². The molecular weight excluding hydrogens is 240 g/mol. The molecular formula is C15H20N2O2. The Balaban J connectivity index is 1.87. The molecule has 0 aromatic heterocycles. The fourth-order valence-electron chi connectivity index (χ4n) is 3.07. The SMILES string of the molecule is CN1C(=O)CCc2cc(C(O)C3CCCN3)ccc21. The number of nitrogens with zero attached hydrogens (tertiary/aromatic N) is 1. The number of benzene rings is 1. The maximum absolute atomic E-state index is 11.7. The van der Waals surface area contributed by atoms with Gasteiger partial charge >= 0.3 is 0 Å². The Kier molecular flexibility index (Phi) is 3.29. The molecule has 0 radical (unpaired) electrons. The maximum atomic E-state index is 11.7. The second-order valence-electron chi connectivity index (χ2n) is 5.49. The summed E-state index contributed by atoms with van der Waals surface area (Å²) in [6.07, 6.45) is 3.04. The van der Waals surface area contributed by atoms with Crippen LogP contribution in [0.2, 0.25) is 0 Å². The minimum atomic E-state index is -0.448. The van der Waals surface area contributed by atoms with Crippen LogP contribution in [0.15, 0.2) is 18.2 Å². The van der Waals surface area contributed by atoms with E-state index < -0.39 is 6.10 Å². The summed E-state index contributed by atoms with van der Waals surface area (Å²) >= 11 is 0. The number of anilines is 1. The molecule has 2 heterocycles. The van der Waals surface area contributed by atoms with E-state index in [-0.39, 0.29) is 11.9 Å². The highest BCUT2D eigenvalue weighted by molar-refractivity contribution is 5.95. The van der Waals surface area contributed by atoms with Crippen molar-refractivity contribution in [1.82, 2.24) is 5.32 Å². The van der Waals surface area contributed by atoms with E-state index >= 15 is 0 Å². The van der Waals surface area contributed by atoms with Crippen molar-refractivity contribution in [3.05, 3.63) is 29.3 Å². The fraction of sp³-hybridized carbons (Fsp3) is 0.533. The number of nitrogens with one attached hydrogen (secondary N) is 1. The average molecular weight is 260 g/mol. The van der Waals surface area contributed by atoms with E-state index in [1.807, 2.05) is 19.2 Å². The van der Waals surface area contributed by atoms with Crippen molar-refractivity contribution in [1.29, 1.82) is 0 Å². The third kappa shape index (κ3) is 2.26. The smallest absolute Gasteiger partial charge is 0.227 e. The van der Waals surface area contributed by atoms with E-state index in [9.17, 15) is 9.90 Å². The summed E-state index contributed by atoms with van der Waals surface area (Å²) in [5, 5.41) is 13.7. The van der Waals surface area contributed by atoms with Crippen molar-refractivity contribution in [2.45, 2.75) is 37.8 Å². The number of aryl methyl sites for hydroxylation is 1. The Morgan fingerprint density at radius 2 is 2.26 bits per heavy atom. The van der Waals surface area contributed by atoms with Crippen molar-refractivity contribution >= 4 is 11.6 Å². The lowest BCUT2D eigenvalue weighted by Crippen LogP contribution is -2.32. The van der Waals surface area contributed by atoms with Crippen molar-refractivity contribution in [2.24, 2.45) is 0 Å². The second-order valence-corrected chi connectivity index (χ2v) is 5.49. The number of rotatable bonds is 2. The third-order valence-electron chi connectivity index (χ3n) is 4.27. The molecule has 0 saturated carbocycles. The first-order valence-corrected chi connectivity index (χ1v) is 6.97. The highest BCUT2D eigenvalue weighted by Gasteiger charge is 2.26. The quantitative estimate of drug-likeness (QED) is 0.844. The molecule has 1 fully saturated rings. The second kappa shape index (κ2) is 4.94. The molecule has 0 spiro atoms. The standard InChI is InChI=1S/C15H20N2O2/c1-17-13-6-4-11(9-10(13)5-7-14(17)18)15(19)12-3-2-8-16-12/h4,6,9,12,15-16,19H,2-3,5,7-8H2,1H3. The lowest BCUT2D eigenvalue weighted by atomic mass is 9.94. The van der Waals surface area contributed by atoms with Crippen LogP contribution in [0, 0.1) is 0 Å². The molecule has 19 heavy (non-hydrogen) atoms. The van der Waals surface area contributed by atoms with Crippen LogP contribution in [0.5, 0.6) is 0 Å². The number of carbonyl (C=O) groups excluding carboxylic acids is 1. The van der Waals surface area contributed by atoms with E-state index in [4.69, 9.17) is 0 Å². The van der Waals surface area contributed by atoms with Gasteiger partial charge in [0, 0.05) is 25.2 Å². The number of hydrogen-bond acceptors (Lipinski definition) is 3. The predicted molar refractivity (Wildman–Crippen MR) is 74.2 cm³/mol. The summed E-state index contributed by atoms with van der Waals surface area (Å²) in [5.74, 6) is 0.165. The molecule has 1 aromatic rings. The molecule has 4 heteroatoms. The monoisotopic (exact) mass is 260 g/mol. The first-order chi connectivity index (χ1) is 9.16. The van der Waals surface area contributed by atoms with Gasteiger partial charge < -0.3 is 15.3 Å².